The van der Waals surface area contributed by atoms with Gasteiger partial charge in [0.1, 0.15) is 10.5 Å². The summed E-state index contributed by atoms with van der Waals surface area (Å²) in [5.41, 5.74) is -0.959. The molecule has 1 saturated heterocycles. The number of carbonyl (C=O) groups is 3. The molecule has 9 heteroatoms. The van der Waals surface area contributed by atoms with Crippen LogP contribution < -0.4 is 10.6 Å². The molecule has 0 unspecified atom stereocenters. The number of carbonyl (C=O) groups excluding carboxylic acids is 2. The number of urea groups is 1. The highest BCUT2D eigenvalue weighted by Crippen LogP contribution is 2.18. The minimum absolute atomic E-state index is 0.0399. The van der Waals surface area contributed by atoms with E-state index >= 15 is 0 Å². The summed E-state index contributed by atoms with van der Waals surface area (Å²) in [6, 6.07) is -0.373. The lowest BCUT2D eigenvalue weighted by atomic mass is 10.00. The van der Waals surface area contributed by atoms with Gasteiger partial charge in [-0.25, -0.2) is 14.6 Å². The van der Waals surface area contributed by atoms with Crippen LogP contribution in [0.3, 0.4) is 0 Å². The van der Waals surface area contributed by atoms with Crippen LogP contribution in [0.2, 0.25) is 0 Å². The second-order valence-corrected chi connectivity index (χ2v) is 6.00. The van der Waals surface area contributed by atoms with Crippen molar-refractivity contribution in [3.8, 4) is 0 Å². The van der Waals surface area contributed by atoms with Gasteiger partial charge in [0.15, 0.2) is 5.69 Å². The number of rotatable bonds is 3. The monoisotopic (exact) mass is 312 g/mol. The summed E-state index contributed by atoms with van der Waals surface area (Å²) in [5.74, 6) is -1.30. The predicted octanol–water partition coefficient (Wildman–Crippen LogP) is 0.261. The van der Waals surface area contributed by atoms with Crippen LogP contribution in [-0.4, -0.2) is 51.5 Å². The molecule has 3 amide bonds. The lowest BCUT2D eigenvalue weighted by Gasteiger charge is -2.40. The summed E-state index contributed by atoms with van der Waals surface area (Å²) in [5, 5.41) is 16.1. The third-order valence-corrected chi connectivity index (χ3v) is 4.11. The van der Waals surface area contributed by atoms with E-state index in [-0.39, 0.29) is 24.2 Å². The van der Waals surface area contributed by atoms with Crippen LogP contribution in [0, 0.1) is 0 Å². The van der Waals surface area contributed by atoms with Gasteiger partial charge in [-0.3, -0.25) is 4.79 Å². The Bertz CT molecular complexity index is 584. The highest BCUT2D eigenvalue weighted by Gasteiger charge is 2.40. The summed E-state index contributed by atoms with van der Waals surface area (Å²) in [6.07, 6.45) is 0. The molecule has 3 N–H and O–H groups in total. The van der Waals surface area contributed by atoms with Gasteiger partial charge in [-0.05, 0) is 13.8 Å². The van der Waals surface area contributed by atoms with Crippen molar-refractivity contribution in [1.29, 1.82) is 0 Å². The normalized spacial score (nSPS) is 17.2. The van der Waals surface area contributed by atoms with Gasteiger partial charge in [0.25, 0.3) is 0 Å². The molecule has 2 rings (SSSR count). The van der Waals surface area contributed by atoms with E-state index < -0.39 is 11.5 Å². The standard InChI is InChI=1S/C12H16N4O4S/c1-12(2)10(19)13-3-4-16(12)11(20)14-5-8-15-7(6-21-8)9(17)18/h6H,3-5H2,1-2H3,(H,13,19)(H,14,20)(H,17,18). The van der Waals surface area contributed by atoms with Crippen LogP contribution in [0.1, 0.15) is 29.3 Å². The predicted molar refractivity (Wildman–Crippen MR) is 75.1 cm³/mol. The lowest BCUT2D eigenvalue weighted by Crippen LogP contribution is -2.65. The van der Waals surface area contributed by atoms with Crippen LogP contribution in [0.25, 0.3) is 0 Å². The van der Waals surface area contributed by atoms with Crippen molar-refractivity contribution in [2.24, 2.45) is 0 Å². The van der Waals surface area contributed by atoms with E-state index in [9.17, 15) is 14.4 Å². The summed E-state index contributed by atoms with van der Waals surface area (Å²) in [6.45, 7) is 4.31. The highest BCUT2D eigenvalue weighted by atomic mass is 32.1. The zero-order valence-electron chi connectivity index (χ0n) is 11.7. The Labute approximate surface area is 125 Å². The summed E-state index contributed by atoms with van der Waals surface area (Å²) in [7, 11) is 0. The Morgan fingerprint density at radius 2 is 2.29 bits per heavy atom. The summed E-state index contributed by atoms with van der Waals surface area (Å²) < 4.78 is 0. The molecule has 1 fully saturated rings. The Morgan fingerprint density at radius 3 is 2.90 bits per heavy atom. The maximum Gasteiger partial charge on any atom is 0.355 e. The van der Waals surface area contributed by atoms with Crippen LogP contribution in [0.5, 0.6) is 0 Å². The first-order valence-electron chi connectivity index (χ1n) is 6.34. The number of piperazine rings is 1. The second-order valence-electron chi connectivity index (χ2n) is 5.06. The molecular formula is C12H16N4O4S. The average molecular weight is 312 g/mol. The molecule has 0 spiro atoms. The number of thiazole rings is 1. The quantitative estimate of drug-likeness (QED) is 0.741. The molecule has 0 bridgehead atoms. The number of aromatic nitrogens is 1. The Morgan fingerprint density at radius 1 is 1.57 bits per heavy atom. The van der Waals surface area contributed by atoms with Crippen molar-refractivity contribution in [3.05, 3.63) is 16.1 Å². The number of amides is 3. The van der Waals surface area contributed by atoms with E-state index in [1.807, 2.05) is 0 Å². The average Bonchev–Trinajstić information content (AvgIpc) is 2.88. The van der Waals surface area contributed by atoms with Crippen LogP contribution in [-0.2, 0) is 11.3 Å². The van der Waals surface area contributed by atoms with E-state index in [4.69, 9.17) is 5.11 Å². The molecule has 0 saturated carbocycles. The molecule has 1 aliphatic rings. The molecule has 0 aliphatic carbocycles. The minimum Gasteiger partial charge on any atom is -0.476 e. The molecule has 0 radical (unpaired) electrons. The molecule has 1 aliphatic heterocycles. The first-order valence-corrected chi connectivity index (χ1v) is 7.22. The molecule has 114 valence electrons. The number of nitrogens with zero attached hydrogens (tertiary/aromatic N) is 2. The van der Waals surface area contributed by atoms with Crippen molar-refractivity contribution < 1.29 is 19.5 Å². The largest absolute Gasteiger partial charge is 0.476 e. The maximum absolute atomic E-state index is 12.2. The van der Waals surface area contributed by atoms with Crippen molar-refractivity contribution in [2.75, 3.05) is 13.1 Å². The SMILES string of the molecule is CC1(C)C(=O)NCCN1C(=O)NCc1nc(C(=O)O)cs1. The Balaban J connectivity index is 1.97. The van der Waals surface area contributed by atoms with Gasteiger partial charge in [0.2, 0.25) is 5.91 Å². The minimum atomic E-state index is -1.10. The molecule has 0 atom stereocenters. The Hall–Kier alpha value is -2.16. The van der Waals surface area contributed by atoms with E-state index in [0.717, 1.165) is 11.3 Å². The van der Waals surface area contributed by atoms with E-state index in [0.29, 0.717) is 18.1 Å². The number of carboxylic acid groups (broad SMARTS) is 1. The first-order chi connectivity index (χ1) is 9.82. The Kier molecular flexibility index (Phi) is 4.12. The number of nitrogens with one attached hydrogen (secondary N) is 2. The molecule has 1 aromatic rings. The molecule has 8 nitrogen and oxygen atoms in total. The fourth-order valence-corrected chi connectivity index (χ4v) is 2.70. The molecule has 2 heterocycles. The van der Waals surface area contributed by atoms with E-state index in [1.54, 1.807) is 13.8 Å². The first kappa shape index (κ1) is 15.2. The molecule has 21 heavy (non-hydrogen) atoms. The summed E-state index contributed by atoms with van der Waals surface area (Å²) >= 11 is 1.16. The fourth-order valence-electron chi connectivity index (χ4n) is 1.99. The maximum atomic E-state index is 12.2. The number of hydrogen-bond acceptors (Lipinski definition) is 5. The smallest absolute Gasteiger partial charge is 0.355 e. The second kappa shape index (κ2) is 5.68. The third-order valence-electron chi connectivity index (χ3n) is 3.26. The van der Waals surface area contributed by atoms with Gasteiger partial charge >= 0.3 is 12.0 Å². The van der Waals surface area contributed by atoms with Crippen molar-refractivity contribution in [3.63, 3.8) is 0 Å². The van der Waals surface area contributed by atoms with Gasteiger partial charge in [-0.1, -0.05) is 0 Å². The van der Waals surface area contributed by atoms with E-state index in [2.05, 4.69) is 15.6 Å². The zero-order valence-corrected chi connectivity index (χ0v) is 12.5. The van der Waals surface area contributed by atoms with Gasteiger partial charge in [0, 0.05) is 18.5 Å². The molecule has 0 aromatic carbocycles. The van der Waals surface area contributed by atoms with Gasteiger partial charge in [-0.15, -0.1) is 11.3 Å². The fraction of sp³-hybridized carbons (Fsp3) is 0.500. The highest BCUT2D eigenvalue weighted by molar-refractivity contribution is 7.09. The number of aromatic carboxylic acids is 1. The van der Waals surface area contributed by atoms with Gasteiger partial charge < -0.3 is 20.6 Å². The molecule has 1 aromatic heterocycles. The van der Waals surface area contributed by atoms with Crippen molar-refractivity contribution in [1.82, 2.24) is 20.5 Å². The lowest BCUT2D eigenvalue weighted by molar-refractivity contribution is -0.132. The number of carboxylic acids is 1. The molecular weight excluding hydrogens is 296 g/mol. The topological polar surface area (TPSA) is 112 Å². The van der Waals surface area contributed by atoms with Crippen LogP contribution in [0.15, 0.2) is 5.38 Å². The van der Waals surface area contributed by atoms with Crippen LogP contribution in [0.4, 0.5) is 4.79 Å². The van der Waals surface area contributed by atoms with Crippen molar-refractivity contribution >= 4 is 29.2 Å². The zero-order chi connectivity index (χ0) is 15.6. The third kappa shape index (κ3) is 3.13. The van der Waals surface area contributed by atoms with Crippen LogP contribution >= 0.6 is 11.3 Å². The van der Waals surface area contributed by atoms with Gasteiger partial charge in [-0.2, -0.15) is 0 Å². The van der Waals surface area contributed by atoms with Crippen molar-refractivity contribution in [2.45, 2.75) is 25.9 Å². The number of hydrogen-bond donors (Lipinski definition) is 3. The summed E-state index contributed by atoms with van der Waals surface area (Å²) in [4.78, 5) is 40.0. The van der Waals surface area contributed by atoms with E-state index in [1.165, 1.54) is 10.3 Å². The van der Waals surface area contributed by atoms with Gasteiger partial charge in [0.05, 0.1) is 6.54 Å².